The van der Waals surface area contributed by atoms with Gasteiger partial charge in [-0.2, -0.15) is 0 Å². The van der Waals surface area contributed by atoms with Gasteiger partial charge in [0.15, 0.2) is 0 Å². The van der Waals surface area contributed by atoms with Crippen LogP contribution in [0.4, 0.5) is 0 Å². The Hall–Kier alpha value is -0.570. The van der Waals surface area contributed by atoms with Crippen molar-refractivity contribution in [3.8, 4) is 0 Å². The standard InChI is InChI=1S/C14H24N2O/c1-9(2)12-15-14(6-4-5-7-14)13(17)16(12)11-8-10(11)3/h9-12,15H,4-8H2,1-3H3. The lowest BCUT2D eigenvalue weighted by molar-refractivity contribution is -0.134. The maximum atomic E-state index is 12.7. The highest BCUT2D eigenvalue weighted by Crippen LogP contribution is 2.45. The van der Waals surface area contributed by atoms with Gasteiger partial charge in [-0.25, -0.2) is 0 Å². The Morgan fingerprint density at radius 3 is 2.41 bits per heavy atom. The minimum absolute atomic E-state index is 0.183. The van der Waals surface area contributed by atoms with E-state index in [1.165, 1.54) is 19.3 Å². The third-order valence-corrected chi connectivity index (χ3v) is 4.88. The first-order valence-electron chi connectivity index (χ1n) is 7.16. The molecule has 1 saturated heterocycles. The zero-order valence-corrected chi connectivity index (χ0v) is 11.2. The zero-order valence-electron chi connectivity index (χ0n) is 11.2. The molecule has 3 aliphatic rings. The summed E-state index contributed by atoms with van der Waals surface area (Å²) < 4.78 is 0. The molecule has 2 saturated carbocycles. The molecule has 96 valence electrons. The molecule has 3 fully saturated rings. The van der Waals surface area contributed by atoms with Crippen LogP contribution >= 0.6 is 0 Å². The van der Waals surface area contributed by atoms with Crippen molar-refractivity contribution in [2.75, 3.05) is 0 Å². The van der Waals surface area contributed by atoms with E-state index in [1.807, 2.05) is 0 Å². The van der Waals surface area contributed by atoms with Crippen molar-refractivity contribution in [2.45, 2.75) is 70.6 Å². The summed E-state index contributed by atoms with van der Waals surface area (Å²) in [5.41, 5.74) is -0.183. The lowest BCUT2D eigenvalue weighted by Gasteiger charge is -2.27. The van der Waals surface area contributed by atoms with Gasteiger partial charge in [0.1, 0.15) is 0 Å². The highest BCUT2D eigenvalue weighted by Gasteiger charge is 2.57. The number of amides is 1. The quantitative estimate of drug-likeness (QED) is 0.796. The zero-order chi connectivity index (χ0) is 12.2. The van der Waals surface area contributed by atoms with E-state index in [4.69, 9.17) is 0 Å². The summed E-state index contributed by atoms with van der Waals surface area (Å²) in [4.78, 5) is 14.9. The monoisotopic (exact) mass is 236 g/mol. The van der Waals surface area contributed by atoms with Gasteiger partial charge in [0, 0.05) is 6.04 Å². The van der Waals surface area contributed by atoms with E-state index >= 15 is 0 Å². The van der Waals surface area contributed by atoms with Crippen molar-refractivity contribution < 1.29 is 4.79 Å². The van der Waals surface area contributed by atoms with Crippen LogP contribution in [0.5, 0.6) is 0 Å². The molecule has 3 unspecified atom stereocenters. The van der Waals surface area contributed by atoms with Crippen LogP contribution in [-0.2, 0) is 4.79 Å². The third kappa shape index (κ3) is 1.62. The third-order valence-electron chi connectivity index (χ3n) is 4.88. The number of hydrogen-bond acceptors (Lipinski definition) is 2. The van der Waals surface area contributed by atoms with Gasteiger partial charge in [-0.1, -0.05) is 33.6 Å². The molecule has 1 spiro atoms. The van der Waals surface area contributed by atoms with Crippen molar-refractivity contribution in [1.29, 1.82) is 0 Å². The molecule has 1 aliphatic heterocycles. The van der Waals surface area contributed by atoms with E-state index in [0.29, 0.717) is 23.8 Å². The summed E-state index contributed by atoms with van der Waals surface area (Å²) in [6, 6.07) is 0.516. The van der Waals surface area contributed by atoms with Gasteiger partial charge in [-0.3, -0.25) is 10.1 Å². The van der Waals surface area contributed by atoms with Crippen LogP contribution in [0.2, 0.25) is 0 Å². The van der Waals surface area contributed by atoms with E-state index in [1.54, 1.807) is 0 Å². The molecule has 0 radical (unpaired) electrons. The lowest BCUT2D eigenvalue weighted by atomic mass is 9.98. The molecule has 0 aromatic carbocycles. The van der Waals surface area contributed by atoms with E-state index < -0.39 is 0 Å². The largest absolute Gasteiger partial charge is 0.322 e. The van der Waals surface area contributed by atoms with Gasteiger partial charge in [0.25, 0.3) is 0 Å². The van der Waals surface area contributed by atoms with Crippen molar-refractivity contribution >= 4 is 5.91 Å². The van der Waals surface area contributed by atoms with Crippen LogP contribution in [-0.4, -0.2) is 28.6 Å². The van der Waals surface area contributed by atoms with E-state index in [-0.39, 0.29) is 11.7 Å². The Kier molecular flexibility index (Phi) is 2.51. The smallest absolute Gasteiger partial charge is 0.244 e. The van der Waals surface area contributed by atoms with Crippen molar-refractivity contribution in [3.05, 3.63) is 0 Å². The van der Waals surface area contributed by atoms with E-state index in [0.717, 1.165) is 12.8 Å². The highest BCUT2D eigenvalue weighted by atomic mass is 16.2. The van der Waals surface area contributed by atoms with Crippen LogP contribution in [0.3, 0.4) is 0 Å². The predicted octanol–water partition coefficient (Wildman–Crippen LogP) is 2.12. The first-order valence-corrected chi connectivity index (χ1v) is 7.16. The van der Waals surface area contributed by atoms with Crippen molar-refractivity contribution in [1.82, 2.24) is 10.2 Å². The Morgan fingerprint density at radius 2 is 1.94 bits per heavy atom. The fourth-order valence-electron chi connectivity index (χ4n) is 3.66. The normalized spacial score (nSPS) is 39.6. The molecule has 2 aliphatic carbocycles. The summed E-state index contributed by atoms with van der Waals surface area (Å²) in [6.07, 6.45) is 5.98. The van der Waals surface area contributed by atoms with E-state index in [9.17, 15) is 4.79 Å². The molecule has 3 nitrogen and oxygen atoms in total. The highest BCUT2D eigenvalue weighted by molar-refractivity contribution is 5.89. The van der Waals surface area contributed by atoms with Crippen LogP contribution < -0.4 is 5.32 Å². The fraction of sp³-hybridized carbons (Fsp3) is 0.929. The first-order chi connectivity index (χ1) is 8.05. The van der Waals surface area contributed by atoms with Gasteiger partial charge in [0.2, 0.25) is 5.91 Å². The van der Waals surface area contributed by atoms with Gasteiger partial charge in [0.05, 0.1) is 11.7 Å². The number of hydrogen-bond donors (Lipinski definition) is 1. The Labute approximate surface area is 104 Å². The fourth-order valence-corrected chi connectivity index (χ4v) is 3.66. The van der Waals surface area contributed by atoms with Crippen LogP contribution in [0.15, 0.2) is 0 Å². The number of nitrogens with one attached hydrogen (secondary N) is 1. The predicted molar refractivity (Wildman–Crippen MR) is 67.4 cm³/mol. The second kappa shape index (κ2) is 3.71. The number of carbonyl (C=O) groups is 1. The Bertz CT molecular complexity index is 333. The molecule has 1 N–H and O–H groups in total. The van der Waals surface area contributed by atoms with Gasteiger partial charge >= 0.3 is 0 Å². The summed E-state index contributed by atoms with van der Waals surface area (Å²) in [7, 11) is 0. The summed E-state index contributed by atoms with van der Waals surface area (Å²) in [5, 5.41) is 3.68. The second-order valence-corrected chi connectivity index (χ2v) is 6.62. The first kappa shape index (κ1) is 11.5. The summed E-state index contributed by atoms with van der Waals surface area (Å²) in [5.74, 6) is 1.62. The number of nitrogens with zero attached hydrogens (tertiary/aromatic N) is 1. The van der Waals surface area contributed by atoms with Crippen LogP contribution in [0, 0.1) is 11.8 Å². The average molecular weight is 236 g/mol. The summed E-state index contributed by atoms with van der Waals surface area (Å²) >= 11 is 0. The molecule has 0 aromatic rings. The minimum Gasteiger partial charge on any atom is -0.322 e. The Morgan fingerprint density at radius 1 is 1.35 bits per heavy atom. The van der Waals surface area contributed by atoms with Gasteiger partial charge < -0.3 is 4.90 Å². The molecule has 0 bridgehead atoms. The maximum Gasteiger partial charge on any atom is 0.244 e. The molecular formula is C14H24N2O. The molecular weight excluding hydrogens is 212 g/mol. The number of rotatable bonds is 2. The molecule has 1 heterocycles. The SMILES string of the molecule is CC(C)C1NC2(CCCC2)C(=O)N1C1CC1C. The average Bonchev–Trinajstić information content (AvgIpc) is 2.76. The van der Waals surface area contributed by atoms with E-state index in [2.05, 4.69) is 31.0 Å². The van der Waals surface area contributed by atoms with Crippen molar-refractivity contribution in [3.63, 3.8) is 0 Å². The second-order valence-electron chi connectivity index (χ2n) is 6.62. The van der Waals surface area contributed by atoms with Crippen molar-refractivity contribution in [2.24, 2.45) is 11.8 Å². The van der Waals surface area contributed by atoms with Crippen LogP contribution in [0.1, 0.15) is 52.9 Å². The van der Waals surface area contributed by atoms with Gasteiger partial charge in [-0.05, 0) is 31.1 Å². The molecule has 3 rings (SSSR count). The summed E-state index contributed by atoms with van der Waals surface area (Å²) in [6.45, 7) is 6.70. The molecule has 3 heteroatoms. The van der Waals surface area contributed by atoms with Crippen LogP contribution in [0.25, 0.3) is 0 Å². The molecule has 3 atom stereocenters. The molecule has 1 amide bonds. The molecule has 0 aromatic heterocycles. The Balaban J connectivity index is 1.87. The van der Waals surface area contributed by atoms with Gasteiger partial charge in [-0.15, -0.1) is 0 Å². The molecule has 17 heavy (non-hydrogen) atoms. The maximum absolute atomic E-state index is 12.7. The topological polar surface area (TPSA) is 32.3 Å². The lowest BCUT2D eigenvalue weighted by Crippen LogP contribution is -2.45. The minimum atomic E-state index is -0.183. The number of carbonyl (C=O) groups excluding carboxylic acids is 1.